The molecule has 2 aliphatic heterocycles. The van der Waals surface area contributed by atoms with Gasteiger partial charge in [-0.2, -0.15) is 0 Å². The molecule has 32 heavy (non-hydrogen) atoms. The molecule has 2 saturated carbocycles. The molecule has 2 aliphatic carbocycles. The Labute approximate surface area is 195 Å². The van der Waals surface area contributed by atoms with Gasteiger partial charge in [0.15, 0.2) is 11.6 Å². The van der Waals surface area contributed by atoms with Crippen molar-refractivity contribution in [2.45, 2.75) is 104 Å². The van der Waals surface area contributed by atoms with E-state index in [9.17, 15) is 5.11 Å². The molecule has 6 unspecified atom stereocenters. The third kappa shape index (κ3) is 5.87. The molecule has 2 saturated heterocycles. The van der Waals surface area contributed by atoms with E-state index < -0.39 is 17.7 Å². The third-order valence-corrected chi connectivity index (χ3v) is 8.07. The van der Waals surface area contributed by atoms with E-state index in [1.165, 1.54) is 25.7 Å². The molecule has 4 aliphatic rings. The van der Waals surface area contributed by atoms with Gasteiger partial charge in [0, 0.05) is 24.7 Å². The van der Waals surface area contributed by atoms with Gasteiger partial charge in [0.05, 0.1) is 26.4 Å². The zero-order chi connectivity index (χ0) is 23.5. The van der Waals surface area contributed by atoms with Crippen LogP contribution in [0.4, 0.5) is 0 Å². The molecule has 188 valence electrons. The van der Waals surface area contributed by atoms with Crippen LogP contribution in [0.3, 0.4) is 0 Å². The Kier molecular flexibility index (Phi) is 9.07. The summed E-state index contributed by atoms with van der Waals surface area (Å²) in [4.78, 5) is 0. The SMILES string of the molecule is CC1CCC(C(C)C)C2(C1)OCC(CO)O2.CC1CCC(C(C)C)C2(C1)OCC(O)CO2. The van der Waals surface area contributed by atoms with Crippen molar-refractivity contribution in [3.05, 3.63) is 0 Å². The molecule has 4 rings (SSSR count). The number of aliphatic hydroxyl groups is 2. The zero-order valence-corrected chi connectivity index (χ0v) is 21.2. The Morgan fingerprint density at radius 3 is 1.69 bits per heavy atom. The lowest BCUT2D eigenvalue weighted by Gasteiger charge is -2.50. The first-order valence-corrected chi connectivity index (χ1v) is 13.0. The molecule has 6 nitrogen and oxygen atoms in total. The van der Waals surface area contributed by atoms with Gasteiger partial charge in [-0.15, -0.1) is 0 Å². The molecule has 0 radical (unpaired) electrons. The second kappa shape index (κ2) is 11.0. The van der Waals surface area contributed by atoms with Gasteiger partial charge < -0.3 is 29.2 Å². The monoisotopic (exact) mass is 456 g/mol. The van der Waals surface area contributed by atoms with Crippen LogP contribution in [0.2, 0.25) is 0 Å². The van der Waals surface area contributed by atoms with Crippen LogP contribution >= 0.6 is 0 Å². The van der Waals surface area contributed by atoms with Crippen LogP contribution in [-0.4, -0.2) is 60.4 Å². The molecule has 0 bridgehead atoms. The highest BCUT2D eigenvalue weighted by molar-refractivity contribution is 4.93. The van der Waals surface area contributed by atoms with Crippen molar-refractivity contribution in [2.24, 2.45) is 35.5 Å². The average molecular weight is 457 g/mol. The number of rotatable bonds is 3. The van der Waals surface area contributed by atoms with Gasteiger partial charge in [-0.05, 0) is 36.5 Å². The normalized spacial score (nSPS) is 44.8. The van der Waals surface area contributed by atoms with E-state index in [1.54, 1.807) is 0 Å². The highest BCUT2D eigenvalue weighted by Gasteiger charge is 2.51. The summed E-state index contributed by atoms with van der Waals surface area (Å²) in [7, 11) is 0. The number of ether oxygens (including phenoxy) is 4. The van der Waals surface area contributed by atoms with Crippen molar-refractivity contribution in [3.63, 3.8) is 0 Å². The second-order valence-electron chi connectivity index (χ2n) is 11.6. The maximum absolute atomic E-state index is 9.46. The maximum atomic E-state index is 9.46. The Morgan fingerprint density at radius 1 is 0.750 bits per heavy atom. The largest absolute Gasteiger partial charge is 0.394 e. The summed E-state index contributed by atoms with van der Waals surface area (Å²) in [5.74, 6) is 2.59. The van der Waals surface area contributed by atoms with Crippen LogP contribution < -0.4 is 0 Å². The topological polar surface area (TPSA) is 77.4 Å². The molecule has 0 aromatic heterocycles. The summed E-state index contributed by atoms with van der Waals surface area (Å²) in [6, 6.07) is 0. The highest BCUT2D eigenvalue weighted by Crippen LogP contribution is 2.47. The van der Waals surface area contributed by atoms with Crippen molar-refractivity contribution in [1.29, 1.82) is 0 Å². The van der Waals surface area contributed by atoms with Gasteiger partial charge in [0.1, 0.15) is 12.2 Å². The smallest absolute Gasteiger partial charge is 0.172 e. The summed E-state index contributed by atoms with van der Waals surface area (Å²) in [5.41, 5.74) is 0. The fraction of sp³-hybridized carbons (Fsp3) is 1.00. The minimum atomic E-state index is -0.448. The fourth-order valence-electron chi connectivity index (χ4n) is 6.40. The predicted octanol–water partition coefficient (Wildman–Crippen LogP) is 4.37. The first-order chi connectivity index (χ1) is 15.1. The van der Waals surface area contributed by atoms with Crippen molar-refractivity contribution >= 4 is 0 Å². The van der Waals surface area contributed by atoms with Crippen LogP contribution in [-0.2, 0) is 18.9 Å². The second-order valence-corrected chi connectivity index (χ2v) is 11.6. The van der Waals surface area contributed by atoms with Gasteiger partial charge in [-0.25, -0.2) is 0 Å². The van der Waals surface area contributed by atoms with E-state index in [0.717, 1.165) is 12.8 Å². The molecule has 0 aromatic carbocycles. The van der Waals surface area contributed by atoms with Crippen LogP contribution in [0.25, 0.3) is 0 Å². The quantitative estimate of drug-likeness (QED) is 0.657. The van der Waals surface area contributed by atoms with E-state index in [2.05, 4.69) is 41.5 Å². The van der Waals surface area contributed by atoms with Crippen molar-refractivity contribution in [1.82, 2.24) is 0 Å². The molecule has 6 atom stereocenters. The molecule has 4 fully saturated rings. The van der Waals surface area contributed by atoms with Crippen molar-refractivity contribution in [3.8, 4) is 0 Å². The van der Waals surface area contributed by atoms with E-state index in [4.69, 9.17) is 24.1 Å². The number of aliphatic hydroxyl groups excluding tert-OH is 2. The predicted molar refractivity (Wildman–Crippen MR) is 124 cm³/mol. The zero-order valence-electron chi connectivity index (χ0n) is 21.2. The first kappa shape index (κ1) is 26.4. The molecule has 0 amide bonds. The Hall–Kier alpha value is -0.240. The minimum Gasteiger partial charge on any atom is -0.394 e. The third-order valence-electron chi connectivity index (χ3n) is 8.07. The highest BCUT2D eigenvalue weighted by atomic mass is 16.7. The summed E-state index contributed by atoms with van der Waals surface area (Å²) < 4.78 is 23.7. The van der Waals surface area contributed by atoms with Gasteiger partial charge in [0.25, 0.3) is 0 Å². The van der Waals surface area contributed by atoms with Crippen LogP contribution in [0.5, 0.6) is 0 Å². The number of hydrogen-bond acceptors (Lipinski definition) is 6. The lowest BCUT2D eigenvalue weighted by Crippen LogP contribution is -2.55. The van der Waals surface area contributed by atoms with E-state index in [-0.39, 0.29) is 12.7 Å². The molecule has 6 heteroatoms. The lowest BCUT2D eigenvalue weighted by molar-refractivity contribution is -0.336. The first-order valence-electron chi connectivity index (χ1n) is 13.0. The molecular formula is C26H48O6. The van der Waals surface area contributed by atoms with E-state index in [1.807, 2.05) is 0 Å². The Morgan fingerprint density at radius 2 is 1.22 bits per heavy atom. The molecule has 0 aromatic rings. The molecule has 2 N–H and O–H groups in total. The van der Waals surface area contributed by atoms with Gasteiger partial charge in [0.2, 0.25) is 0 Å². The van der Waals surface area contributed by atoms with E-state index >= 15 is 0 Å². The van der Waals surface area contributed by atoms with E-state index in [0.29, 0.717) is 55.3 Å². The van der Waals surface area contributed by atoms with Gasteiger partial charge in [-0.3, -0.25) is 0 Å². The van der Waals surface area contributed by atoms with Gasteiger partial charge in [-0.1, -0.05) is 54.4 Å². The summed E-state index contributed by atoms with van der Waals surface area (Å²) >= 11 is 0. The molecular weight excluding hydrogens is 408 g/mol. The van der Waals surface area contributed by atoms with Crippen LogP contribution in [0, 0.1) is 35.5 Å². The summed E-state index contributed by atoms with van der Waals surface area (Å²) in [6.07, 6.45) is 6.27. The van der Waals surface area contributed by atoms with Crippen LogP contribution in [0.1, 0.15) is 80.1 Å². The van der Waals surface area contributed by atoms with Crippen LogP contribution in [0.15, 0.2) is 0 Å². The minimum absolute atomic E-state index is 0.0704. The Balaban J connectivity index is 0.000000181. The van der Waals surface area contributed by atoms with Crippen molar-refractivity contribution < 1.29 is 29.2 Å². The van der Waals surface area contributed by atoms with Gasteiger partial charge >= 0.3 is 0 Å². The number of hydrogen-bond donors (Lipinski definition) is 2. The lowest BCUT2D eigenvalue weighted by atomic mass is 9.72. The summed E-state index contributed by atoms with van der Waals surface area (Å²) in [5, 5.41) is 18.6. The average Bonchev–Trinajstić information content (AvgIpc) is 3.13. The standard InChI is InChI=1S/2C13H24O3/c1-9(2)12-5-4-10(3)6-13(12)15-7-11(14)8-16-13;1-9(2)12-5-4-10(3)6-13(12)15-8-11(7-14)16-13/h2*9-12,14H,4-8H2,1-3H3. The maximum Gasteiger partial charge on any atom is 0.172 e. The molecule has 2 spiro atoms. The van der Waals surface area contributed by atoms with Crippen molar-refractivity contribution in [2.75, 3.05) is 26.4 Å². The molecule has 2 heterocycles. The fourth-order valence-corrected chi connectivity index (χ4v) is 6.40. The Bertz CT molecular complexity index is 547. The summed E-state index contributed by atoms with van der Waals surface area (Å²) in [6.45, 7) is 14.9.